The Balaban J connectivity index is 2.10. The number of rotatable bonds is 6. The summed E-state index contributed by atoms with van der Waals surface area (Å²) in [5.41, 5.74) is 2.17. The fourth-order valence-electron chi connectivity index (χ4n) is 2.27. The lowest BCUT2D eigenvalue weighted by Gasteiger charge is -2.17. The maximum atomic E-state index is 12.2. The number of nitrogens with zero attached hydrogens (tertiary/aromatic N) is 1. The third-order valence-corrected chi connectivity index (χ3v) is 3.43. The van der Waals surface area contributed by atoms with Crippen molar-refractivity contribution in [3.63, 3.8) is 0 Å². The third-order valence-electron chi connectivity index (χ3n) is 3.43. The van der Waals surface area contributed by atoms with Crippen LogP contribution in [0, 0.1) is 13.8 Å². The fourth-order valence-corrected chi connectivity index (χ4v) is 2.27. The predicted octanol–water partition coefficient (Wildman–Crippen LogP) is 2.17. The van der Waals surface area contributed by atoms with Crippen molar-refractivity contribution in [2.45, 2.75) is 32.7 Å². The summed E-state index contributed by atoms with van der Waals surface area (Å²) in [6, 6.07) is 8.49. The van der Waals surface area contributed by atoms with Gasteiger partial charge >= 0.3 is 5.97 Å². The molecule has 2 rings (SSSR count). The molecule has 0 aliphatic heterocycles. The molecule has 2 N–H and O–H groups in total. The van der Waals surface area contributed by atoms with E-state index in [2.05, 4.69) is 10.5 Å². The minimum absolute atomic E-state index is 0.115. The predicted molar refractivity (Wildman–Crippen MR) is 79.3 cm³/mol. The molecule has 0 saturated heterocycles. The molecular weight excluding hydrogens is 284 g/mol. The van der Waals surface area contributed by atoms with Crippen LogP contribution in [0.1, 0.15) is 35.0 Å². The van der Waals surface area contributed by atoms with E-state index in [1.165, 1.54) is 0 Å². The molecule has 116 valence electrons. The van der Waals surface area contributed by atoms with E-state index < -0.39 is 12.0 Å². The summed E-state index contributed by atoms with van der Waals surface area (Å²) in [7, 11) is 0. The Bertz CT molecular complexity index is 645. The van der Waals surface area contributed by atoms with Gasteiger partial charge in [-0.05, 0) is 19.4 Å². The second-order valence-corrected chi connectivity index (χ2v) is 5.11. The van der Waals surface area contributed by atoms with E-state index in [4.69, 9.17) is 9.63 Å². The Hall–Kier alpha value is -2.63. The van der Waals surface area contributed by atoms with Crippen molar-refractivity contribution in [1.82, 2.24) is 10.5 Å². The Morgan fingerprint density at radius 3 is 2.50 bits per heavy atom. The van der Waals surface area contributed by atoms with Crippen molar-refractivity contribution in [3.8, 4) is 0 Å². The standard InChI is InChI=1S/C16H18N2O4/c1-10-13(11(2)22-18-10)8-15(19)17-14(9-16(20)21)12-6-4-3-5-7-12/h3-7,14H,8-9H2,1-2H3,(H,17,19)(H,20,21)/t14-/m1/s1. The van der Waals surface area contributed by atoms with Crippen LogP contribution in [0.15, 0.2) is 34.9 Å². The Kier molecular flexibility index (Phi) is 4.93. The van der Waals surface area contributed by atoms with Crippen molar-refractivity contribution in [1.29, 1.82) is 0 Å². The van der Waals surface area contributed by atoms with E-state index in [0.29, 0.717) is 11.5 Å². The van der Waals surface area contributed by atoms with Gasteiger partial charge in [0.05, 0.1) is 24.6 Å². The summed E-state index contributed by atoms with van der Waals surface area (Å²) in [4.78, 5) is 23.2. The topological polar surface area (TPSA) is 92.4 Å². The molecule has 0 aliphatic carbocycles. The summed E-state index contributed by atoms with van der Waals surface area (Å²) < 4.78 is 5.03. The molecule has 0 bridgehead atoms. The first-order valence-electron chi connectivity index (χ1n) is 6.95. The van der Waals surface area contributed by atoms with Crippen molar-refractivity contribution >= 4 is 11.9 Å². The van der Waals surface area contributed by atoms with E-state index >= 15 is 0 Å². The highest BCUT2D eigenvalue weighted by Crippen LogP contribution is 2.18. The van der Waals surface area contributed by atoms with Gasteiger partial charge in [-0.25, -0.2) is 0 Å². The maximum absolute atomic E-state index is 12.2. The molecule has 1 heterocycles. The molecule has 1 aromatic heterocycles. The van der Waals surface area contributed by atoms with Crippen LogP contribution in [0.5, 0.6) is 0 Å². The molecule has 0 saturated carbocycles. The largest absolute Gasteiger partial charge is 0.481 e. The molecule has 0 radical (unpaired) electrons. The van der Waals surface area contributed by atoms with Gasteiger partial charge in [0.1, 0.15) is 5.76 Å². The van der Waals surface area contributed by atoms with Gasteiger partial charge in [-0.15, -0.1) is 0 Å². The van der Waals surface area contributed by atoms with Gasteiger partial charge < -0.3 is 14.9 Å². The van der Waals surface area contributed by atoms with Crippen molar-refractivity contribution in [2.75, 3.05) is 0 Å². The number of hydrogen-bond acceptors (Lipinski definition) is 4. The number of aromatic nitrogens is 1. The van der Waals surface area contributed by atoms with Crippen molar-refractivity contribution in [3.05, 3.63) is 52.9 Å². The zero-order chi connectivity index (χ0) is 16.1. The number of nitrogens with one attached hydrogen (secondary N) is 1. The smallest absolute Gasteiger partial charge is 0.305 e. The summed E-state index contributed by atoms with van der Waals surface area (Å²) in [5.74, 6) is -0.627. The molecule has 1 atom stereocenters. The van der Waals surface area contributed by atoms with Crippen LogP contribution < -0.4 is 5.32 Å². The van der Waals surface area contributed by atoms with Crippen LogP contribution in [0.4, 0.5) is 0 Å². The zero-order valence-electron chi connectivity index (χ0n) is 12.5. The highest BCUT2D eigenvalue weighted by Gasteiger charge is 2.20. The van der Waals surface area contributed by atoms with Gasteiger partial charge in [-0.1, -0.05) is 35.5 Å². The second kappa shape index (κ2) is 6.89. The molecule has 2 aromatic rings. The second-order valence-electron chi connectivity index (χ2n) is 5.11. The molecule has 6 nitrogen and oxygen atoms in total. The summed E-state index contributed by atoms with van der Waals surface area (Å²) in [6.45, 7) is 3.51. The third kappa shape index (κ3) is 3.94. The summed E-state index contributed by atoms with van der Waals surface area (Å²) >= 11 is 0. The molecular formula is C16H18N2O4. The van der Waals surface area contributed by atoms with Crippen molar-refractivity contribution in [2.24, 2.45) is 0 Å². The number of amides is 1. The number of hydrogen-bond donors (Lipinski definition) is 2. The lowest BCUT2D eigenvalue weighted by Crippen LogP contribution is -2.31. The normalized spacial score (nSPS) is 11.9. The van der Waals surface area contributed by atoms with E-state index in [1.54, 1.807) is 26.0 Å². The van der Waals surface area contributed by atoms with Gasteiger partial charge in [0.25, 0.3) is 0 Å². The average molecular weight is 302 g/mol. The minimum atomic E-state index is -0.966. The number of carbonyl (C=O) groups excluding carboxylic acids is 1. The number of aryl methyl sites for hydroxylation is 2. The minimum Gasteiger partial charge on any atom is -0.481 e. The average Bonchev–Trinajstić information content (AvgIpc) is 2.79. The SMILES string of the molecule is Cc1noc(C)c1CC(=O)N[C@H](CC(=O)O)c1ccccc1. The first-order valence-corrected chi connectivity index (χ1v) is 6.95. The van der Waals surface area contributed by atoms with E-state index in [-0.39, 0.29) is 18.7 Å². The molecule has 0 fully saturated rings. The molecule has 1 aromatic carbocycles. The highest BCUT2D eigenvalue weighted by atomic mass is 16.5. The van der Waals surface area contributed by atoms with Gasteiger partial charge in [-0.2, -0.15) is 0 Å². The monoisotopic (exact) mass is 302 g/mol. The van der Waals surface area contributed by atoms with Gasteiger partial charge in [-0.3, -0.25) is 9.59 Å². The van der Waals surface area contributed by atoms with E-state index in [9.17, 15) is 9.59 Å². The van der Waals surface area contributed by atoms with Crippen LogP contribution in [0.3, 0.4) is 0 Å². The van der Waals surface area contributed by atoms with Crippen LogP contribution >= 0.6 is 0 Å². The lowest BCUT2D eigenvalue weighted by atomic mass is 10.0. The number of carboxylic acids is 1. The molecule has 1 amide bonds. The first-order chi connectivity index (χ1) is 10.5. The molecule has 0 spiro atoms. The number of benzene rings is 1. The number of carboxylic acid groups (broad SMARTS) is 1. The van der Waals surface area contributed by atoms with Gasteiger partial charge in [0.2, 0.25) is 5.91 Å². The summed E-state index contributed by atoms with van der Waals surface area (Å²) in [5, 5.41) is 15.6. The van der Waals surface area contributed by atoms with Gasteiger partial charge in [0, 0.05) is 5.56 Å². The Morgan fingerprint density at radius 1 is 1.27 bits per heavy atom. The van der Waals surface area contributed by atoms with E-state index in [1.807, 2.05) is 18.2 Å². The molecule has 0 aliphatic rings. The molecule has 0 unspecified atom stereocenters. The van der Waals surface area contributed by atoms with E-state index in [0.717, 1.165) is 11.1 Å². The first kappa shape index (κ1) is 15.8. The molecule has 22 heavy (non-hydrogen) atoms. The van der Waals surface area contributed by atoms with Crippen molar-refractivity contribution < 1.29 is 19.2 Å². The highest BCUT2D eigenvalue weighted by molar-refractivity contribution is 5.80. The molecule has 6 heteroatoms. The summed E-state index contributed by atoms with van der Waals surface area (Å²) in [6.07, 6.45) is -0.0541. The van der Waals surface area contributed by atoms with Crippen LogP contribution in [0.25, 0.3) is 0 Å². The zero-order valence-corrected chi connectivity index (χ0v) is 12.5. The van der Waals surface area contributed by atoms with Crippen LogP contribution in [-0.2, 0) is 16.0 Å². The quantitative estimate of drug-likeness (QED) is 0.853. The van der Waals surface area contributed by atoms with Crippen LogP contribution in [-0.4, -0.2) is 22.1 Å². The lowest BCUT2D eigenvalue weighted by molar-refractivity contribution is -0.137. The van der Waals surface area contributed by atoms with Crippen LogP contribution in [0.2, 0.25) is 0 Å². The van der Waals surface area contributed by atoms with Gasteiger partial charge in [0.15, 0.2) is 0 Å². The maximum Gasteiger partial charge on any atom is 0.305 e. The fraction of sp³-hybridized carbons (Fsp3) is 0.312. The Morgan fingerprint density at radius 2 is 1.95 bits per heavy atom. The number of aliphatic carboxylic acids is 1. The Labute approximate surface area is 128 Å². The number of carbonyl (C=O) groups is 2.